The van der Waals surface area contributed by atoms with Crippen molar-refractivity contribution in [1.29, 1.82) is 0 Å². The molecule has 3 heterocycles. The predicted molar refractivity (Wildman–Crippen MR) is 112 cm³/mol. The fourth-order valence-corrected chi connectivity index (χ4v) is 3.72. The molecule has 0 saturated carbocycles. The van der Waals surface area contributed by atoms with Gasteiger partial charge in [0.25, 0.3) is 11.7 Å². The Morgan fingerprint density at radius 2 is 1.83 bits per heavy atom. The smallest absolute Gasteiger partial charge is 0.294 e. The molecule has 6 nitrogen and oxygen atoms in total. The van der Waals surface area contributed by atoms with Crippen molar-refractivity contribution < 1.29 is 18.7 Å². The van der Waals surface area contributed by atoms with Gasteiger partial charge < -0.3 is 14.5 Å². The number of benzene rings is 1. The van der Waals surface area contributed by atoms with Crippen LogP contribution in [0.2, 0.25) is 0 Å². The van der Waals surface area contributed by atoms with Crippen LogP contribution in [-0.4, -0.2) is 60.4 Å². The normalized spacial score (nSPS) is 14.7. The molecule has 1 fully saturated rings. The maximum absolute atomic E-state index is 13.4. The average Bonchev–Trinajstić information content (AvgIpc) is 3.17. The van der Waals surface area contributed by atoms with Crippen LogP contribution >= 0.6 is 0 Å². The second-order valence-electron chi connectivity index (χ2n) is 7.30. The van der Waals surface area contributed by atoms with E-state index in [-0.39, 0.29) is 11.5 Å². The van der Waals surface area contributed by atoms with Crippen molar-refractivity contribution in [2.75, 3.05) is 39.4 Å². The third kappa shape index (κ3) is 4.42. The molecule has 0 unspecified atom stereocenters. The first kappa shape index (κ1) is 20.3. The second kappa shape index (κ2) is 9.19. The minimum Gasteiger partial charge on any atom is -0.379 e. The molecule has 30 heavy (non-hydrogen) atoms. The van der Waals surface area contributed by atoms with Gasteiger partial charge in [-0.3, -0.25) is 14.5 Å². The summed E-state index contributed by atoms with van der Waals surface area (Å²) >= 11 is 0. The quantitative estimate of drug-likeness (QED) is 0.370. The number of carbonyl (C=O) groups excluding carboxylic acids is 2. The Bertz CT molecular complexity index is 1040. The van der Waals surface area contributed by atoms with Gasteiger partial charge in [0.1, 0.15) is 11.5 Å². The van der Waals surface area contributed by atoms with Gasteiger partial charge in [0, 0.05) is 36.9 Å². The summed E-state index contributed by atoms with van der Waals surface area (Å²) in [6.07, 6.45) is 2.51. The Morgan fingerprint density at radius 3 is 2.60 bits per heavy atom. The molecule has 3 aromatic rings. The number of nitrogens with zero attached hydrogens (tertiary/aromatic N) is 2. The number of fused-ring (bicyclic) bond motifs is 1. The number of halogens is 1. The van der Waals surface area contributed by atoms with Crippen LogP contribution in [0, 0.1) is 5.82 Å². The van der Waals surface area contributed by atoms with Gasteiger partial charge in [-0.1, -0.05) is 18.2 Å². The van der Waals surface area contributed by atoms with E-state index < -0.39 is 11.7 Å². The van der Waals surface area contributed by atoms with E-state index in [9.17, 15) is 14.0 Å². The molecular formula is C23H24FN3O3. The number of Topliss-reactive ketones (excluding diaryl/α,β-unsaturated/α-hetero) is 1. The number of hydrogen-bond acceptors (Lipinski definition) is 4. The number of rotatable bonds is 7. The van der Waals surface area contributed by atoms with E-state index in [1.54, 1.807) is 28.8 Å². The number of ether oxygens (including phenoxy) is 1. The zero-order valence-electron chi connectivity index (χ0n) is 16.6. The van der Waals surface area contributed by atoms with Gasteiger partial charge in [0.05, 0.1) is 13.2 Å². The molecule has 1 amide bonds. The molecule has 1 saturated heterocycles. The summed E-state index contributed by atoms with van der Waals surface area (Å²) < 4.78 is 20.4. The fraction of sp³-hybridized carbons (Fsp3) is 0.304. The van der Waals surface area contributed by atoms with E-state index in [0.717, 1.165) is 44.8 Å². The molecule has 4 rings (SSSR count). The second-order valence-corrected chi connectivity index (χ2v) is 7.30. The van der Waals surface area contributed by atoms with Gasteiger partial charge in [0.2, 0.25) is 0 Å². The van der Waals surface area contributed by atoms with Crippen molar-refractivity contribution >= 4 is 17.2 Å². The molecule has 2 aromatic heterocycles. The number of carbonyl (C=O) groups is 2. The molecule has 0 atom stereocenters. The predicted octanol–water partition coefficient (Wildman–Crippen LogP) is 2.77. The minimum absolute atomic E-state index is 0.280. The lowest BCUT2D eigenvalue weighted by Crippen LogP contribution is -2.39. The standard InChI is InChI=1S/C23H24FN3O3/c24-18-7-5-17(6-8-18)20-16-19-4-1-2-11-27(19)21(20)22(28)23(29)25-9-3-10-26-12-14-30-15-13-26/h1-2,4-8,11,16H,3,9-10,12-15H2,(H,25,29). The fourth-order valence-electron chi connectivity index (χ4n) is 3.72. The summed E-state index contributed by atoms with van der Waals surface area (Å²) in [5, 5.41) is 2.74. The van der Waals surface area contributed by atoms with Gasteiger partial charge in [-0.2, -0.15) is 0 Å². The number of ketones is 1. The Kier molecular flexibility index (Phi) is 6.21. The van der Waals surface area contributed by atoms with E-state index in [0.29, 0.717) is 17.7 Å². The van der Waals surface area contributed by atoms with E-state index in [2.05, 4.69) is 10.2 Å². The summed E-state index contributed by atoms with van der Waals surface area (Å²) in [5.41, 5.74) is 2.36. The van der Waals surface area contributed by atoms with Crippen molar-refractivity contribution in [1.82, 2.24) is 14.6 Å². The van der Waals surface area contributed by atoms with Crippen molar-refractivity contribution in [3.63, 3.8) is 0 Å². The van der Waals surface area contributed by atoms with Gasteiger partial charge in [-0.05, 0) is 48.9 Å². The van der Waals surface area contributed by atoms with Crippen molar-refractivity contribution in [2.24, 2.45) is 0 Å². The number of morpholine rings is 1. The van der Waals surface area contributed by atoms with Crippen molar-refractivity contribution in [3.05, 3.63) is 66.2 Å². The summed E-state index contributed by atoms with van der Waals surface area (Å²) in [6, 6.07) is 13.3. The summed E-state index contributed by atoms with van der Waals surface area (Å²) in [5.74, 6) is -1.59. The molecule has 0 spiro atoms. The first-order valence-corrected chi connectivity index (χ1v) is 10.1. The maximum atomic E-state index is 13.4. The van der Waals surface area contributed by atoms with Gasteiger partial charge >= 0.3 is 0 Å². The molecule has 1 aliphatic heterocycles. The zero-order valence-corrected chi connectivity index (χ0v) is 16.6. The average molecular weight is 409 g/mol. The highest BCUT2D eigenvalue weighted by atomic mass is 19.1. The van der Waals surface area contributed by atoms with Crippen molar-refractivity contribution in [3.8, 4) is 11.1 Å². The highest BCUT2D eigenvalue weighted by molar-refractivity contribution is 6.43. The topological polar surface area (TPSA) is 63.1 Å². The van der Waals surface area contributed by atoms with Crippen LogP contribution in [0.3, 0.4) is 0 Å². The third-order valence-corrected chi connectivity index (χ3v) is 5.30. The Labute approximate surface area is 174 Å². The van der Waals surface area contributed by atoms with Crippen LogP contribution in [0.1, 0.15) is 16.9 Å². The van der Waals surface area contributed by atoms with Gasteiger partial charge in [0.15, 0.2) is 0 Å². The SMILES string of the molecule is O=C(NCCCN1CCOCC1)C(=O)c1c(-c2ccc(F)cc2)cc2ccccn12. The van der Waals surface area contributed by atoms with Crippen LogP contribution in [0.15, 0.2) is 54.7 Å². The van der Waals surface area contributed by atoms with Crippen LogP contribution < -0.4 is 5.32 Å². The summed E-state index contributed by atoms with van der Waals surface area (Å²) in [4.78, 5) is 27.9. The van der Waals surface area contributed by atoms with Crippen molar-refractivity contribution in [2.45, 2.75) is 6.42 Å². The first-order valence-electron chi connectivity index (χ1n) is 10.1. The maximum Gasteiger partial charge on any atom is 0.294 e. The molecule has 0 bridgehead atoms. The summed E-state index contributed by atoms with van der Waals surface area (Å²) in [6.45, 7) is 4.54. The zero-order chi connectivity index (χ0) is 20.9. The number of hydrogen-bond donors (Lipinski definition) is 1. The molecule has 156 valence electrons. The highest BCUT2D eigenvalue weighted by Gasteiger charge is 2.24. The van der Waals surface area contributed by atoms with Crippen LogP contribution in [0.25, 0.3) is 16.6 Å². The number of pyridine rings is 1. The lowest BCUT2D eigenvalue weighted by Gasteiger charge is -2.26. The Morgan fingerprint density at radius 1 is 1.07 bits per heavy atom. The number of aromatic nitrogens is 1. The lowest BCUT2D eigenvalue weighted by molar-refractivity contribution is -0.117. The molecule has 1 N–H and O–H groups in total. The summed E-state index contributed by atoms with van der Waals surface area (Å²) in [7, 11) is 0. The molecule has 1 aromatic carbocycles. The molecule has 0 aliphatic carbocycles. The highest BCUT2D eigenvalue weighted by Crippen LogP contribution is 2.28. The van der Waals surface area contributed by atoms with E-state index in [1.165, 1.54) is 12.1 Å². The number of nitrogens with one attached hydrogen (secondary N) is 1. The molecule has 0 radical (unpaired) electrons. The monoisotopic (exact) mass is 409 g/mol. The molecule has 7 heteroatoms. The lowest BCUT2D eigenvalue weighted by atomic mass is 10.0. The minimum atomic E-state index is -0.635. The Balaban J connectivity index is 1.49. The number of amides is 1. The van der Waals surface area contributed by atoms with Crippen LogP contribution in [0.5, 0.6) is 0 Å². The third-order valence-electron chi connectivity index (χ3n) is 5.30. The van der Waals surface area contributed by atoms with E-state index in [1.807, 2.05) is 18.2 Å². The molecule has 1 aliphatic rings. The first-order chi connectivity index (χ1) is 14.6. The Hall–Kier alpha value is -3.03. The molecular weight excluding hydrogens is 385 g/mol. The van der Waals surface area contributed by atoms with E-state index >= 15 is 0 Å². The van der Waals surface area contributed by atoms with Crippen LogP contribution in [-0.2, 0) is 9.53 Å². The van der Waals surface area contributed by atoms with E-state index in [4.69, 9.17) is 4.74 Å². The van der Waals surface area contributed by atoms with Gasteiger partial charge in [-0.25, -0.2) is 4.39 Å². The van der Waals surface area contributed by atoms with Crippen LogP contribution in [0.4, 0.5) is 4.39 Å². The largest absolute Gasteiger partial charge is 0.379 e. The van der Waals surface area contributed by atoms with Gasteiger partial charge in [-0.15, -0.1) is 0 Å².